The molecule has 0 heterocycles. The standard InChI is InChI=1S/C25H16Cl2O9S2/c26-16-3-11-22(27)21(13-16)25(28)15-1-4-18(5-2-15)34-23-12-8-19(14-24(23)37-36-35-29)33-17-6-9-20(10-7-17)38(30,31)32/h1-14,29H,(H,30,31,32). The first kappa shape index (κ1) is 27.9. The number of carbonyl (C=O) groups is 1. The SMILES string of the molecule is O=C(c1ccc(Oc2ccc(Oc3ccc(S(=O)(=O)O)cc3)cc2SOOO)cc1)c1cc(Cl)ccc1Cl. The molecule has 0 unspecified atom stereocenters. The molecule has 4 rings (SSSR count). The van der Waals surface area contributed by atoms with E-state index in [1.165, 1.54) is 36.4 Å². The summed E-state index contributed by atoms with van der Waals surface area (Å²) in [4.78, 5) is 12.9. The molecule has 9 nitrogen and oxygen atoms in total. The van der Waals surface area contributed by atoms with Crippen LogP contribution >= 0.6 is 35.2 Å². The molecule has 196 valence electrons. The molecule has 2 N–H and O–H groups in total. The van der Waals surface area contributed by atoms with Crippen molar-refractivity contribution >= 4 is 51.1 Å². The van der Waals surface area contributed by atoms with Crippen molar-refractivity contribution in [2.24, 2.45) is 0 Å². The molecule has 0 fully saturated rings. The van der Waals surface area contributed by atoms with Gasteiger partial charge in [0.1, 0.15) is 23.0 Å². The van der Waals surface area contributed by atoms with Crippen LogP contribution in [-0.4, -0.2) is 24.0 Å². The fourth-order valence-electron chi connectivity index (χ4n) is 3.20. The molecule has 4 aromatic rings. The summed E-state index contributed by atoms with van der Waals surface area (Å²) in [5.74, 6) is 1.000. The van der Waals surface area contributed by atoms with Crippen molar-refractivity contribution in [1.29, 1.82) is 0 Å². The summed E-state index contributed by atoms with van der Waals surface area (Å²) in [5, 5.41) is 12.9. The highest BCUT2D eigenvalue weighted by Crippen LogP contribution is 2.38. The molecule has 0 atom stereocenters. The van der Waals surface area contributed by atoms with Crippen LogP contribution in [0, 0.1) is 0 Å². The van der Waals surface area contributed by atoms with E-state index in [0.29, 0.717) is 50.5 Å². The summed E-state index contributed by atoms with van der Waals surface area (Å²) in [6.45, 7) is 0. The Kier molecular flexibility index (Phi) is 8.92. The summed E-state index contributed by atoms with van der Waals surface area (Å²) in [6, 6.07) is 20.7. The molecule has 0 bridgehead atoms. The molecule has 0 saturated carbocycles. The number of benzene rings is 4. The lowest BCUT2D eigenvalue weighted by atomic mass is 10.0. The summed E-state index contributed by atoms with van der Waals surface area (Å²) in [5.41, 5.74) is 0.646. The van der Waals surface area contributed by atoms with E-state index in [1.54, 1.807) is 48.5 Å². The zero-order valence-corrected chi connectivity index (χ0v) is 22.1. The number of halogens is 2. The molecule has 0 aliphatic heterocycles. The number of rotatable bonds is 10. The molecule has 0 radical (unpaired) electrons. The number of hydrogen-bond donors (Lipinski definition) is 2. The van der Waals surface area contributed by atoms with Crippen LogP contribution in [0.25, 0.3) is 0 Å². The summed E-state index contributed by atoms with van der Waals surface area (Å²) in [6.07, 6.45) is 0. The van der Waals surface area contributed by atoms with Crippen molar-refractivity contribution in [3.63, 3.8) is 0 Å². The molecular weight excluding hydrogens is 579 g/mol. The summed E-state index contributed by atoms with van der Waals surface area (Å²) < 4.78 is 47.7. The molecule has 0 saturated heterocycles. The van der Waals surface area contributed by atoms with Gasteiger partial charge in [-0.15, -0.1) is 4.33 Å². The minimum Gasteiger partial charge on any atom is -0.457 e. The summed E-state index contributed by atoms with van der Waals surface area (Å²) >= 11 is 12.8. The predicted molar refractivity (Wildman–Crippen MR) is 140 cm³/mol. The van der Waals surface area contributed by atoms with Gasteiger partial charge in [-0.1, -0.05) is 28.2 Å². The molecular formula is C25H16Cl2O9S2. The molecule has 38 heavy (non-hydrogen) atoms. The van der Waals surface area contributed by atoms with Gasteiger partial charge in [0.15, 0.2) is 5.78 Å². The molecule has 0 aliphatic rings. The van der Waals surface area contributed by atoms with Gasteiger partial charge >= 0.3 is 0 Å². The first-order valence-electron chi connectivity index (χ1n) is 10.5. The van der Waals surface area contributed by atoms with Gasteiger partial charge in [0.2, 0.25) is 0 Å². The minimum absolute atomic E-state index is 0.274. The van der Waals surface area contributed by atoms with Crippen LogP contribution in [0.1, 0.15) is 15.9 Å². The van der Waals surface area contributed by atoms with E-state index >= 15 is 0 Å². The van der Waals surface area contributed by atoms with Gasteiger partial charge in [-0.2, -0.15) is 8.42 Å². The van der Waals surface area contributed by atoms with Gasteiger partial charge in [-0.25, -0.2) is 5.26 Å². The highest BCUT2D eigenvalue weighted by Gasteiger charge is 2.15. The van der Waals surface area contributed by atoms with Crippen LogP contribution in [0.15, 0.2) is 94.7 Å². The number of hydrogen-bond acceptors (Lipinski definition) is 9. The van der Waals surface area contributed by atoms with E-state index in [2.05, 4.69) is 9.37 Å². The average molecular weight is 595 g/mol. The normalized spacial score (nSPS) is 11.3. The molecule has 0 spiro atoms. The lowest BCUT2D eigenvalue weighted by Gasteiger charge is -2.13. The Bertz CT molecular complexity index is 1560. The number of ether oxygens (including phenoxy) is 2. The van der Waals surface area contributed by atoms with Crippen molar-refractivity contribution in [1.82, 2.24) is 0 Å². The van der Waals surface area contributed by atoms with E-state index in [0.717, 1.165) is 0 Å². The maximum atomic E-state index is 12.8. The van der Waals surface area contributed by atoms with Crippen LogP contribution in [0.3, 0.4) is 0 Å². The van der Waals surface area contributed by atoms with E-state index in [-0.39, 0.29) is 21.3 Å². The molecule has 0 aliphatic carbocycles. The van der Waals surface area contributed by atoms with E-state index in [1.807, 2.05) is 0 Å². The third-order valence-electron chi connectivity index (χ3n) is 4.94. The number of ketones is 1. The van der Waals surface area contributed by atoms with Gasteiger partial charge in [-0.05, 0) is 78.9 Å². The monoisotopic (exact) mass is 594 g/mol. The Labute approximate surface area is 231 Å². The fourth-order valence-corrected chi connectivity index (χ4v) is 4.51. The van der Waals surface area contributed by atoms with Crippen LogP contribution < -0.4 is 9.47 Å². The minimum atomic E-state index is -4.33. The first-order chi connectivity index (χ1) is 18.1. The summed E-state index contributed by atoms with van der Waals surface area (Å²) in [7, 11) is -4.33. The van der Waals surface area contributed by atoms with Gasteiger partial charge in [0, 0.05) is 22.2 Å². The second kappa shape index (κ2) is 12.2. The van der Waals surface area contributed by atoms with Gasteiger partial charge in [0.25, 0.3) is 10.1 Å². The quantitative estimate of drug-likeness (QED) is 0.0626. The smallest absolute Gasteiger partial charge is 0.294 e. The van der Waals surface area contributed by atoms with Crippen molar-refractivity contribution < 1.29 is 41.9 Å². The Morgan fingerprint density at radius 2 is 1.42 bits per heavy atom. The molecule has 0 amide bonds. The molecule has 13 heteroatoms. The lowest BCUT2D eigenvalue weighted by molar-refractivity contribution is -0.432. The fraction of sp³-hybridized carbons (Fsp3) is 0. The van der Waals surface area contributed by atoms with Crippen LogP contribution in [0.2, 0.25) is 10.0 Å². The van der Waals surface area contributed by atoms with Gasteiger partial charge in [-0.3, -0.25) is 9.35 Å². The highest BCUT2D eigenvalue weighted by atomic mass is 35.5. The van der Waals surface area contributed by atoms with E-state index in [9.17, 15) is 13.2 Å². The molecule has 4 aromatic carbocycles. The van der Waals surface area contributed by atoms with Crippen molar-refractivity contribution in [3.05, 3.63) is 106 Å². The van der Waals surface area contributed by atoms with Crippen molar-refractivity contribution in [2.75, 3.05) is 0 Å². The largest absolute Gasteiger partial charge is 0.457 e. The van der Waals surface area contributed by atoms with Crippen LogP contribution in [-0.2, 0) is 19.5 Å². The maximum Gasteiger partial charge on any atom is 0.294 e. The average Bonchev–Trinajstić information content (AvgIpc) is 2.90. The zero-order valence-electron chi connectivity index (χ0n) is 18.9. The van der Waals surface area contributed by atoms with Crippen LogP contribution in [0.5, 0.6) is 23.0 Å². The van der Waals surface area contributed by atoms with Crippen LogP contribution in [0.4, 0.5) is 0 Å². The lowest BCUT2D eigenvalue weighted by Crippen LogP contribution is -2.02. The Morgan fingerprint density at radius 3 is 2.08 bits per heavy atom. The molecule has 0 aromatic heterocycles. The Morgan fingerprint density at radius 1 is 0.789 bits per heavy atom. The third kappa shape index (κ3) is 7.04. The second-order valence-corrected chi connectivity index (χ2v) is 10.5. The topological polar surface area (TPSA) is 129 Å². The third-order valence-corrected chi connectivity index (χ3v) is 7.00. The van der Waals surface area contributed by atoms with Gasteiger partial charge < -0.3 is 9.47 Å². The first-order valence-corrected chi connectivity index (χ1v) is 13.4. The van der Waals surface area contributed by atoms with E-state index < -0.39 is 10.1 Å². The number of carbonyl (C=O) groups excluding carboxylic acids is 1. The zero-order chi connectivity index (χ0) is 27.3. The Hall–Kier alpha value is -3.13. The predicted octanol–water partition coefficient (Wildman–Crippen LogP) is 7.48. The van der Waals surface area contributed by atoms with Gasteiger partial charge in [0.05, 0.1) is 26.9 Å². The second-order valence-electron chi connectivity index (χ2n) is 7.46. The maximum absolute atomic E-state index is 12.8. The van der Waals surface area contributed by atoms with E-state index in [4.69, 9.17) is 42.5 Å². The van der Waals surface area contributed by atoms with Crippen molar-refractivity contribution in [3.8, 4) is 23.0 Å². The Balaban J connectivity index is 1.52. The van der Waals surface area contributed by atoms with Crippen molar-refractivity contribution in [2.45, 2.75) is 9.79 Å². The highest BCUT2D eigenvalue weighted by molar-refractivity contribution is 7.94.